The fourth-order valence-electron chi connectivity index (χ4n) is 4.97. The number of nitrogens with one attached hydrogen (secondary N) is 3. The van der Waals surface area contributed by atoms with E-state index in [4.69, 9.17) is 0 Å². The van der Waals surface area contributed by atoms with E-state index in [1.165, 1.54) is 31.3 Å². The zero-order chi connectivity index (χ0) is 34.3. The maximum Gasteiger partial charge on any atom is 0.416 e. The van der Waals surface area contributed by atoms with E-state index in [1.807, 2.05) is 0 Å². The molecule has 0 fully saturated rings. The van der Waals surface area contributed by atoms with Gasteiger partial charge in [0.15, 0.2) is 0 Å². The van der Waals surface area contributed by atoms with Crippen molar-refractivity contribution in [1.82, 2.24) is 20.6 Å². The first kappa shape index (κ1) is 33.5. The molecule has 9 nitrogen and oxygen atoms in total. The van der Waals surface area contributed by atoms with Gasteiger partial charge < -0.3 is 20.7 Å². The van der Waals surface area contributed by atoms with Gasteiger partial charge in [0.1, 0.15) is 17.6 Å². The molecule has 0 aliphatic heterocycles. The quantitative estimate of drug-likeness (QED) is 0.139. The summed E-state index contributed by atoms with van der Waals surface area (Å²) < 4.78 is 39.1. The maximum atomic E-state index is 13.3. The number of alkyl halides is 3. The number of amides is 3. The van der Waals surface area contributed by atoms with Gasteiger partial charge in [0.2, 0.25) is 5.91 Å². The third-order valence-electron chi connectivity index (χ3n) is 7.41. The molecule has 0 radical (unpaired) electrons. The number of Topliss-reactive ketones (excluding diaryl/α,β-unsaturated/α-hetero) is 1. The van der Waals surface area contributed by atoms with Crippen molar-refractivity contribution in [2.24, 2.45) is 0 Å². The predicted octanol–water partition coefficient (Wildman–Crippen LogP) is 6.52. The van der Waals surface area contributed by atoms with Crippen molar-refractivity contribution in [1.29, 1.82) is 0 Å². The third kappa shape index (κ3) is 8.27. The lowest BCUT2D eigenvalue weighted by molar-refractivity contribution is -0.137. The van der Waals surface area contributed by atoms with E-state index in [1.54, 1.807) is 66.7 Å². The lowest BCUT2D eigenvalue weighted by atomic mass is 10.0. The van der Waals surface area contributed by atoms with Gasteiger partial charge in [-0.1, -0.05) is 42.5 Å². The largest absolute Gasteiger partial charge is 0.416 e. The van der Waals surface area contributed by atoms with Gasteiger partial charge in [-0.2, -0.15) is 13.2 Å². The Hall–Kier alpha value is -5.91. The third-order valence-corrected chi connectivity index (χ3v) is 7.41. The normalized spacial score (nSPS) is 11.8. The fraction of sp³-hybridized carbons (Fsp3) is 0.167. The molecule has 3 N–H and O–H groups in total. The van der Waals surface area contributed by atoms with Crippen molar-refractivity contribution in [3.8, 4) is 11.3 Å². The Morgan fingerprint density at radius 3 is 2.29 bits per heavy atom. The fourth-order valence-corrected chi connectivity index (χ4v) is 4.97. The zero-order valence-electron chi connectivity index (χ0n) is 25.7. The van der Waals surface area contributed by atoms with Gasteiger partial charge in [0.25, 0.3) is 11.8 Å². The van der Waals surface area contributed by atoms with E-state index in [9.17, 15) is 32.3 Å². The highest BCUT2D eigenvalue weighted by atomic mass is 19.4. The average molecular weight is 654 g/mol. The Balaban J connectivity index is 1.30. The van der Waals surface area contributed by atoms with Crippen LogP contribution in [0.5, 0.6) is 0 Å². The molecule has 5 rings (SSSR count). The smallest absolute Gasteiger partial charge is 0.354 e. The number of rotatable bonds is 11. The number of benzene rings is 3. The van der Waals surface area contributed by atoms with Gasteiger partial charge in [0, 0.05) is 35.7 Å². The van der Waals surface area contributed by atoms with Crippen LogP contribution in [-0.2, 0) is 15.8 Å². The first-order valence-electron chi connectivity index (χ1n) is 15.0. The Labute approximate surface area is 273 Å². The summed E-state index contributed by atoms with van der Waals surface area (Å²) in [7, 11) is 0. The van der Waals surface area contributed by atoms with E-state index in [0.717, 1.165) is 12.1 Å². The van der Waals surface area contributed by atoms with Crippen molar-refractivity contribution in [2.75, 3.05) is 11.9 Å². The molecule has 12 heteroatoms. The number of anilines is 1. The van der Waals surface area contributed by atoms with Gasteiger partial charge in [-0.15, -0.1) is 0 Å². The van der Waals surface area contributed by atoms with Crippen LogP contribution in [0, 0.1) is 0 Å². The van der Waals surface area contributed by atoms with Gasteiger partial charge in [-0.25, -0.2) is 4.98 Å². The summed E-state index contributed by atoms with van der Waals surface area (Å²) in [4.78, 5) is 59.5. The molecule has 2 aromatic heterocycles. The molecule has 244 valence electrons. The van der Waals surface area contributed by atoms with Crippen LogP contribution >= 0.6 is 0 Å². The minimum atomic E-state index is -4.49. The Morgan fingerprint density at radius 1 is 0.833 bits per heavy atom. The summed E-state index contributed by atoms with van der Waals surface area (Å²) in [6, 6.07) is 23.3. The molecular formula is C36H30F3N5O4. The molecule has 0 aliphatic rings. The number of nitrogens with zero attached hydrogens (tertiary/aromatic N) is 2. The van der Waals surface area contributed by atoms with Crippen molar-refractivity contribution < 1.29 is 32.3 Å². The molecule has 0 saturated heterocycles. The second-order valence-corrected chi connectivity index (χ2v) is 10.9. The summed E-state index contributed by atoms with van der Waals surface area (Å²) in [5.41, 5.74) is 1.22. The molecular weight excluding hydrogens is 623 g/mol. The first-order valence-corrected chi connectivity index (χ1v) is 15.0. The molecule has 2 heterocycles. The van der Waals surface area contributed by atoms with Gasteiger partial charge >= 0.3 is 6.18 Å². The lowest BCUT2D eigenvalue weighted by Crippen LogP contribution is -2.40. The molecule has 48 heavy (non-hydrogen) atoms. The number of fused-ring (bicyclic) bond motifs is 1. The second kappa shape index (κ2) is 14.7. The maximum absolute atomic E-state index is 13.3. The summed E-state index contributed by atoms with van der Waals surface area (Å²) in [5.74, 6) is -1.23. The average Bonchev–Trinajstić information content (AvgIpc) is 3.08. The van der Waals surface area contributed by atoms with Gasteiger partial charge in [-0.05, 0) is 73.5 Å². The van der Waals surface area contributed by atoms with Crippen molar-refractivity contribution >= 4 is 40.2 Å². The van der Waals surface area contributed by atoms with Crippen LogP contribution in [0.1, 0.15) is 57.7 Å². The van der Waals surface area contributed by atoms with Crippen molar-refractivity contribution in [2.45, 2.75) is 32.0 Å². The van der Waals surface area contributed by atoms with Gasteiger partial charge in [0.05, 0.1) is 22.3 Å². The van der Waals surface area contributed by atoms with Crippen LogP contribution in [0.4, 0.5) is 19.0 Å². The number of hydrogen-bond acceptors (Lipinski definition) is 6. The van der Waals surface area contributed by atoms with Crippen molar-refractivity contribution in [3.05, 3.63) is 126 Å². The number of halogens is 3. The standard InChI is InChI=1S/C36H30F3N5O4/c1-22(45)7-5-20-41-35(48)32(23-8-3-2-4-9-23)44-33(46)26-13-17-29-25(21-26)14-18-30(42-29)43-34(47)28-10-6-19-40-31(28)24-11-15-27(16-12-24)36(37,38)39/h2-4,6,8-19,21,32H,5,7,20H2,1H3,(H,41,48)(H,44,46)(H,42,43,47)/t32-/m0/s1. The van der Waals surface area contributed by atoms with E-state index in [0.29, 0.717) is 34.9 Å². The summed E-state index contributed by atoms with van der Waals surface area (Å²) in [5, 5.41) is 8.87. The van der Waals surface area contributed by atoms with Crippen molar-refractivity contribution in [3.63, 3.8) is 0 Å². The van der Waals surface area contributed by atoms with E-state index >= 15 is 0 Å². The molecule has 3 aromatic carbocycles. The monoisotopic (exact) mass is 653 g/mol. The van der Waals surface area contributed by atoms with Crippen LogP contribution in [0.3, 0.4) is 0 Å². The summed E-state index contributed by atoms with van der Waals surface area (Å²) >= 11 is 0. The minimum Gasteiger partial charge on any atom is -0.354 e. The number of carbonyl (C=O) groups is 4. The van der Waals surface area contributed by atoms with Crippen LogP contribution in [-0.4, -0.2) is 40.0 Å². The minimum absolute atomic E-state index is 0.0248. The molecule has 0 saturated carbocycles. The number of pyridine rings is 2. The highest BCUT2D eigenvalue weighted by Crippen LogP contribution is 2.31. The summed E-state index contributed by atoms with van der Waals surface area (Å²) in [6.45, 7) is 1.77. The Kier molecular flexibility index (Phi) is 10.2. The van der Waals surface area contributed by atoms with E-state index in [2.05, 4.69) is 25.9 Å². The lowest BCUT2D eigenvalue weighted by Gasteiger charge is -2.19. The molecule has 3 amide bonds. The Morgan fingerprint density at radius 2 is 1.58 bits per heavy atom. The van der Waals surface area contributed by atoms with Crippen LogP contribution in [0.2, 0.25) is 0 Å². The molecule has 0 aliphatic carbocycles. The second-order valence-electron chi connectivity index (χ2n) is 10.9. The highest BCUT2D eigenvalue weighted by Gasteiger charge is 2.30. The zero-order valence-corrected chi connectivity index (χ0v) is 25.7. The van der Waals surface area contributed by atoms with Crippen LogP contribution in [0.25, 0.3) is 22.2 Å². The Bertz CT molecular complexity index is 1970. The van der Waals surface area contributed by atoms with Gasteiger partial charge in [-0.3, -0.25) is 19.4 Å². The SMILES string of the molecule is CC(=O)CCCNC(=O)[C@@H](NC(=O)c1ccc2nc(NC(=O)c3cccnc3-c3ccc(C(F)(F)F)cc3)ccc2c1)c1ccccc1. The highest BCUT2D eigenvalue weighted by molar-refractivity contribution is 6.08. The molecule has 0 bridgehead atoms. The number of carbonyl (C=O) groups excluding carboxylic acids is 4. The number of ketones is 1. The van der Waals surface area contributed by atoms with Crippen LogP contribution < -0.4 is 16.0 Å². The summed E-state index contributed by atoms with van der Waals surface area (Å²) in [6.07, 6.45) is -2.23. The molecule has 1 atom stereocenters. The predicted molar refractivity (Wildman–Crippen MR) is 174 cm³/mol. The first-order chi connectivity index (χ1) is 23.0. The van der Waals surface area contributed by atoms with E-state index < -0.39 is 35.5 Å². The number of aromatic nitrogens is 2. The molecule has 5 aromatic rings. The number of hydrogen-bond donors (Lipinski definition) is 3. The van der Waals surface area contributed by atoms with E-state index in [-0.39, 0.29) is 35.0 Å². The topological polar surface area (TPSA) is 130 Å². The molecule has 0 unspecified atom stereocenters. The molecule has 0 spiro atoms. The van der Waals surface area contributed by atoms with Crippen LogP contribution in [0.15, 0.2) is 103 Å².